The highest BCUT2D eigenvalue weighted by Crippen LogP contribution is 2.23. The molecular weight excluding hydrogens is 300 g/mol. The lowest BCUT2D eigenvalue weighted by molar-refractivity contribution is -0.133. The molecule has 0 radical (unpaired) electrons. The number of carbonyl (C=O) groups excluding carboxylic acids is 1. The lowest BCUT2D eigenvalue weighted by atomic mass is 9.90. The topological polar surface area (TPSA) is 41.6 Å². The average molecular weight is 330 g/mol. The van der Waals surface area contributed by atoms with Crippen molar-refractivity contribution < 1.29 is 9.53 Å². The SMILES string of the molecule is Cc1ccc(CCC2CCN(C(=O)CC3COCCN3)CC2)cc1. The fourth-order valence-electron chi connectivity index (χ4n) is 3.69. The molecule has 0 spiro atoms. The van der Waals surface area contributed by atoms with Crippen LogP contribution in [0.4, 0.5) is 0 Å². The quantitative estimate of drug-likeness (QED) is 0.902. The lowest BCUT2D eigenvalue weighted by Crippen LogP contribution is -2.46. The molecule has 0 saturated carbocycles. The summed E-state index contributed by atoms with van der Waals surface area (Å²) in [6.45, 7) is 6.26. The Bertz CT molecular complexity index is 515. The summed E-state index contributed by atoms with van der Waals surface area (Å²) >= 11 is 0. The van der Waals surface area contributed by atoms with Gasteiger partial charge in [0.1, 0.15) is 0 Å². The van der Waals surface area contributed by atoms with E-state index in [1.807, 2.05) is 0 Å². The summed E-state index contributed by atoms with van der Waals surface area (Å²) in [7, 11) is 0. The number of morpholine rings is 1. The first kappa shape index (κ1) is 17.4. The molecule has 2 aliphatic rings. The van der Waals surface area contributed by atoms with Gasteiger partial charge in [0.15, 0.2) is 0 Å². The summed E-state index contributed by atoms with van der Waals surface area (Å²) in [6.07, 6.45) is 5.26. The smallest absolute Gasteiger partial charge is 0.224 e. The summed E-state index contributed by atoms with van der Waals surface area (Å²) in [5.74, 6) is 1.04. The van der Waals surface area contributed by atoms with Crippen molar-refractivity contribution in [2.24, 2.45) is 5.92 Å². The molecule has 2 heterocycles. The van der Waals surface area contributed by atoms with E-state index in [2.05, 4.69) is 41.4 Å². The Morgan fingerprint density at radius 1 is 1.25 bits per heavy atom. The second-order valence-corrected chi connectivity index (χ2v) is 7.28. The van der Waals surface area contributed by atoms with Gasteiger partial charge in [-0.05, 0) is 44.1 Å². The second kappa shape index (κ2) is 8.63. The zero-order chi connectivity index (χ0) is 16.8. The van der Waals surface area contributed by atoms with Gasteiger partial charge >= 0.3 is 0 Å². The van der Waals surface area contributed by atoms with Gasteiger partial charge in [0.05, 0.1) is 13.2 Å². The molecule has 0 aromatic heterocycles. The van der Waals surface area contributed by atoms with Crippen molar-refractivity contribution in [2.75, 3.05) is 32.8 Å². The third-order valence-corrected chi connectivity index (χ3v) is 5.35. The summed E-state index contributed by atoms with van der Waals surface area (Å²) in [5, 5.41) is 3.37. The molecular formula is C20H30N2O2. The molecule has 2 fully saturated rings. The molecule has 1 aromatic rings. The number of amides is 1. The summed E-state index contributed by atoms with van der Waals surface area (Å²) in [4.78, 5) is 14.5. The molecule has 1 aromatic carbocycles. The second-order valence-electron chi connectivity index (χ2n) is 7.28. The van der Waals surface area contributed by atoms with Gasteiger partial charge in [0.25, 0.3) is 0 Å². The van der Waals surface area contributed by atoms with E-state index in [0.29, 0.717) is 13.0 Å². The molecule has 24 heavy (non-hydrogen) atoms. The Morgan fingerprint density at radius 3 is 2.67 bits per heavy atom. The van der Waals surface area contributed by atoms with Crippen LogP contribution in [0.1, 0.15) is 36.8 Å². The highest BCUT2D eigenvalue weighted by Gasteiger charge is 2.25. The van der Waals surface area contributed by atoms with Crippen LogP contribution in [0.2, 0.25) is 0 Å². The number of carbonyl (C=O) groups is 1. The minimum atomic E-state index is 0.200. The molecule has 4 nitrogen and oxygen atoms in total. The van der Waals surface area contributed by atoms with Crippen molar-refractivity contribution in [1.29, 1.82) is 0 Å². The normalized spacial score (nSPS) is 22.5. The van der Waals surface area contributed by atoms with Gasteiger partial charge in [0.2, 0.25) is 5.91 Å². The van der Waals surface area contributed by atoms with Gasteiger partial charge in [-0.25, -0.2) is 0 Å². The maximum Gasteiger partial charge on any atom is 0.224 e. The van der Waals surface area contributed by atoms with E-state index in [-0.39, 0.29) is 11.9 Å². The molecule has 3 rings (SSSR count). The molecule has 0 aliphatic carbocycles. The van der Waals surface area contributed by atoms with Crippen LogP contribution >= 0.6 is 0 Å². The first-order valence-corrected chi connectivity index (χ1v) is 9.35. The highest BCUT2D eigenvalue weighted by molar-refractivity contribution is 5.77. The largest absolute Gasteiger partial charge is 0.378 e. The van der Waals surface area contributed by atoms with E-state index in [1.54, 1.807) is 0 Å². The highest BCUT2D eigenvalue weighted by atomic mass is 16.5. The van der Waals surface area contributed by atoms with Crippen molar-refractivity contribution in [1.82, 2.24) is 10.2 Å². The molecule has 4 heteroatoms. The molecule has 1 N–H and O–H groups in total. The van der Waals surface area contributed by atoms with Crippen molar-refractivity contribution in [3.8, 4) is 0 Å². The van der Waals surface area contributed by atoms with Crippen LogP contribution in [0.25, 0.3) is 0 Å². The third kappa shape index (κ3) is 5.05. The van der Waals surface area contributed by atoms with E-state index in [4.69, 9.17) is 4.74 Å². The van der Waals surface area contributed by atoms with Crippen LogP contribution in [-0.2, 0) is 16.0 Å². The lowest BCUT2D eigenvalue weighted by Gasteiger charge is -2.33. The molecule has 1 unspecified atom stereocenters. The first-order valence-electron chi connectivity index (χ1n) is 9.35. The molecule has 0 bridgehead atoms. The number of ether oxygens (including phenoxy) is 1. The van der Waals surface area contributed by atoms with Crippen molar-refractivity contribution in [3.63, 3.8) is 0 Å². The Kier molecular flexibility index (Phi) is 6.27. The average Bonchev–Trinajstić information content (AvgIpc) is 2.62. The Hall–Kier alpha value is -1.39. The molecule has 1 amide bonds. The number of nitrogens with zero attached hydrogens (tertiary/aromatic N) is 1. The number of hydrogen-bond acceptors (Lipinski definition) is 3. The number of benzene rings is 1. The van der Waals surface area contributed by atoms with Gasteiger partial charge in [0, 0.05) is 32.1 Å². The standard InChI is InChI=1S/C20H30N2O2/c1-16-2-4-17(5-3-16)6-7-18-8-11-22(12-9-18)20(23)14-19-15-24-13-10-21-19/h2-5,18-19,21H,6-15H2,1H3. The number of rotatable bonds is 5. The van der Waals surface area contributed by atoms with E-state index < -0.39 is 0 Å². The predicted molar refractivity (Wildman–Crippen MR) is 96.0 cm³/mol. The van der Waals surface area contributed by atoms with Crippen molar-refractivity contribution in [3.05, 3.63) is 35.4 Å². The van der Waals surface area contributed by atoms with E-state index in [0.717, 1.165) is 51.4 Å². The van der Waals surface area contributed by atoms with Crippen LogP contribution < -0.4 is 5.32 Å². The van der Waals surface area contributed by atoms with Gasteiger partial charge in [-0.3, -0.25) is 4.79 Å². The third-order valence-electron chi connectivity index (χ3n) is 5.35. The summed E-state index contributed by atoms with van der Waals surface area (Å²) < 4.78 is 5.44. The maximum atomic E-state index is 12.4. The Balaban J connectivity index is 1.37. The van der Waals surface area contributed by atoms with E-state index >= 15 is 0 Å². The number of piperidine rings is 1. The fourth-order valence-corrected chi connectivity index (χ4v) is 3.69. The van der Waals surface area contributed by atoms with E-state index in [9.17, 15) is 4.79 Å². The van der Waals surface area contributed by atoms with Crippen LogP contribution in [0.15, 0.2) is 24.3 Å². The van der Waals surface area contributed by atoms with Crippen LogP contribution in [0, 0.1) is 12.8 Å². The Morgan fingerprint density at radius 2 is 2.00 bits per heavy atom. The van der Waals surface area contributed by atoms with Crippen LogP contribution in [0.5, 0.6) is 0 Å². The predicted octanol–water partition coefficient (Wildman–Crippen LogP) is 2.54. The number of aryl methyl sites for hydroxylation is 2. The van der Waals surface area contributed by atoms with Gasteiger partial charge in [-0.1, -0.05) is 29.8 Å². The minimum absolute atomic E-state index is 0.200. The van der Waals surface area contributed by atoms with Gasteiger partial charge < -0.3 is 15.0 Å². The minimum Gasteiger partial charge on any atom is -0.378 e. The molecule has 1 atom stereocenters. The molecule has 2 aliphatic heterocycles. The molecule has 132 valence electrons. The van der Waals surface area contributed by atoms with Gasteiger partial charge in [-0.2, -0.15) is 0 Å². The zero-order valence-corrected chi connectivity index (χ0v) is 14.8. The Labute approximate surface area is 145 Å². The van der Waals surface area contributed by atoms with Crippen molar-refractivity contribution in [2.45, 2.75) is 45.1 Å². The van der Waals surface area contributed by atoms with Crippen LogP contribution in [0.3, 0.4) is 0 Å². The summed E-state index contributed by atoms with van der Waals surface area (Å²) in [5.41, 5.74) is 2.76. The van der Waals surface area contributed by atoms with Gasteiger partial charge in [-0.15, -0.1) is 0 Å². The number of nitrogens with one attached hydrogen (secondary N) is 1. The first-order chi connectivity index (χ1) is 11.7. The molecule has 2 saturated heterocycles. The van der Waals surface area contributed by atoms with Crippen molar-refractivity contribution >= 4 is 5.91 Å². The maximum absolute atomic E-state index is 12.4. The van der Waals surface area contributed by atoms with E-state index in [1.165, 1.54) is 17.5 Å². The zero-order valence-electron chi connectivity index (χ0n) is 14.8. The number of hydrogen-bond donors (Lipinski definition) is 1. The fraction of sp³-hybridized carbons (Fsp3) is 0.650. The number of likely N-dealkylation sites (tertiary alicyclic amines) is 1. The summed E-state index contributed by atoms with van der Waals surface area (Å²) in [6, 6.07) is 9.07. The van der Waals surface area contributed by atoms with Crippen LogP contribution in [-0.4, -0.2) is 49.7 Å². The monoisotopic (exact) mass is 330 g/mol.